The van der Waals surface area contributed by atoms with Crippen LogP contribution >= 0.6 is 11.8 Å². The minimum atomic E-state index is -0.988. The molecule has 0 aliphatic carbocycles. The summed E-state index contributed by atoms with van der Waals surface area (Å²) in [5, 5.41) is 12.6. The number of nitrogens with zero attached hydrogens (tertiary/aromatic N) is 3. The van der Waals surface area contributed by atoms with Crippen molar-refractivity contribution in [1.29, 1.82) is 0 Å². The monoisotopic (exact) mass is 461 g/mol. The summed E-state index contributed by atoms with van der Waals surface area (Å²) in [6, 6.07) is 22.1. The molecule has 3 atom stereocenters. The van der Waals surface area contributed by atoms with Gasteiger partial charge in [-0.1, -0.05) is 30.3 Å². The molecule has 33 heavy (non-hydrogen) atoms. The highest BCUT2D eigenvalue weighted by molar-refractivity contribution is 7.98. The molecule has 3 unspecified atom stereocenters. The van der Waals surface area contributed by atoms with Crippen LogP contribution in [0.5, 0.6) is 0 Å². The van der Waals surface area contributed by atoms with E-state index >= 15 is 0 Å². The van der Waals surface area contributed by atoms with Gasteiger partial charge in [-0.05, 0) is 48.2 Å². The SMILES string of the molecule is CSc1ccc(C2C3C(=O)N(c4ccc([N+](=O)[O-])cc4)C(=O)C3ON2c2ccccc2)cc1. The summed E-state index contributed by atoms with van der Waals surface area (Å²) in [4.78, 5) is 45.5. The Balaban J connectivity index is 1.54. The Morgan fingerprint density at radius 3 is 2.15 bits per heavy atom. The number of hydrogen-bond acceptors (Lipinski definition) is 7. The normalized spacial score (nSPS) is 22.0. The number of anilines is 2. The molecule has 3 aromatic carbocycles. The first-order valence-electron chi connectivity index (χ1n) is 10.3. The first kappa shape index (κ1) is 21.2. The summed E-state index contributed by atoms with van der Waals surface area (Å²) in [5.41, 5.74) is 1.77. The van der Waals surface area contributed by atoms with Gasteiger partial charge in [0, 0.05) is 17.0 Å². The van der Waals surface area contributed by atoms with E-state index in [9.17, 15) is 19.7 Å². The van der Waals surface area contributed by atoms with Crippen molar-refractivity contribution < 1.29 is 19.3 Å². The smallest absolute Gasteiger partial charge is 0.269 e. The van der Waals surface area contributed by atoms with Gasteiger partial charge in [-0.3, -0.25) is 24.5 Å². The standard InChI is InChI=1S/C24H19N3O5S/c1-33-19-13-7-15(8-14-19)21-20-22(32-26(21)17-5-3-2-4-6-17)24(29)25(23(20)28)16-9-11-18(12-10-16)27(30)31/h2-14,20-22H,1H3. The molecule has 166 valence electrons. The molecule has 9 heteroatoms. The lowest BCUT2D eigenvalue weighted by Crippen LogP contribution is -2.37. The molecule has 5 rings (SSSR count). The molecule has 2 saturated heterocycles. The fourth-order valence-corrected chi connectivity index (χ4v) is 4.74. The van der Waals surface area contributed by atoms with Gasteiger partial charge in [-0.15, -0.1) is 11.8 Å². The zero-order chi connectivity index (χ0) is 23.1. The highest BCUT2D eigenvalue weighted by Crippen LogP contribution is 2.47. The number of para-hydroxylation sites is 1. The van der Waals surface area contributed by atoms with E-state index in [-0.39, 0.29) is 11.4 Å². The van der Waals surface area contributed by atoms with Crippen molar-refractivity contribution in [3.8, 4) is 0 Å². The Kier molecular flexibility index (Phi) is 5.35. The second-order valence-corrected chi connectivity index (χ2v) is 8.60. The number of fused-ring (bicyclic) bond motifs is 1. The highest BCUT2D eigenvalue weighted by Gasteiger charge is 2.60. The molecule has 2 fully saturated rings. The van der Waals surface area contributed by atoms with Crippen molar-refractivity contribution in [2.24, 2.45) is 5.92 Å². The lowest BCUT2D eigenvalue weighted by Gasteiger charge is -2.28. The van der Waals surface area contributed by atoms with Crippen LogP contribution < -0.4 is 9.96 Å². The zero-order valence-corrected chi connectivity index (χ0v) is 18.3. The number of imide groups is 1. The zero-order valence-electron chi connectivity index (χ0n) is 17.5. The highest BCUT2D eigenvalue weighted by atomic mass is 32.2. The van der Waals surface area contributed by atoms with E-state index in [0.717, 1.165) is 21.0 Å². The van der Waals surface area contributed by atoms with Crippen LogP contribution in [0.2, 0.25) is 0 Å². The molecule has 2 heterocycles. The fourth-order valence-electron chi connectivity index (χ4n) is 4.33. The molecule has 0 bridgehead atoms. The van der Waals surface area contributed by atoms with Gasteiger partial charge >= 0.3 is 0 Å². The summed E-state index contributed by atoms with van der Waals surface area (Å²) < 4.78 is 0. The van der Waals surface area contributed by atoms with E-state index in [2.05, 4.69) is 0 Å². The Labute approximate surface area is 193 Å². The van der Waals surface area contributed by atoms with Crippen LogP contribution in [-0.2, 0) is 14.4 Å². The Hall–Kier alpha value is -3.69. The molecule has 0 spiro atoms. The van der Waals surface area contributed by atoms with Crippen LogP contribution in [-0.4, -0.2) is 29.1 Å². The van der Waals surface area contributed by atoms with Crippen LogP contribution in [0.3, 0.4) is 0 Å². The number of hydroxylamine groups is 1. The van der Waals surface area contributed by atoms with Crippen LogP contribution in [0.15, 0.2) is 83.8 Å². The van der Waals surface area contributed by atoms with Gasteiger partial charge in [-0.2, -0.15) is 0 Å². The number of carbonyl (C=O) groups is 2. The van der Waals surface area contributed by atoms with E-state index in [0.29, 0.717) is 0 Å². The number of rotatable bonds is 5. The van der Waals surface area contributed by atoms with Gasteiger partial charge < -0.3 is 0 Å². The van der Waals surface area contributed by atoms with E-state index in [4.69, 9.17) is 4.84 Å². The molecule has 2 amide bonds. The third-order valence-electron chi connectivity index (χ3n) is 5.90. The van der Waals surface area contributed by atoms with E-state index in [1.165, 1.54) is 24.3 Å². The van der Waals surface area contributed by atoms with Crippen LogP contribution in [0.25, 0.3) is 0 Å². The number of nitro benzene ring substituents is 1. The number of carbonyl (C=O) groups excluding carboxylic acids is 2. The van der Waals surface area contributed by atoms with E-state index in [1.807, 2.05) is 60.9 Å². The summed E-state index contributed by atoms with van der Waals surface area (Å²) in [5.74, 6) is -1.63. The lowest BCUT2D eigenvalue weighted by atomic mass is 9.90. The molecular weight excluding hydrogens is 442 g/mol. The number of non-ortho nitro benzene ring substituents is 1. The number of thioether (sulfide) groups is 1. The van der Waals surface area contributed by atoms with Crippen molar-refractivity contribution in [1.82, 2.24) is 0 Å². The van der Waals surface area contributed by atoms with Gasteiger partial charge in [0.2, 0.25) is 5.91 Å². The second kappa shape index (κ2) is 8.34. The average Bonchev–Trinajstić information content (AvgIpc) is 3.35. The Bertz CT molecular complexity index is 1220. The molecule has 0 saturated carbocycles. The lowest BCUT2D eigenvalue weighted by molar-refractivity contribution is -0.384. The van der Waals surface area contributed by atoms with Crippen molar-refractivity contribution >= 4 is 40.6 Å². The number of hydrogen-bond donors (Lipinski definition) is 0. The van der Waals surface area contributed by atoms with Gasteiger partial charge in [0.15, 0.2) is 6.10 Å². The minimum Gasteiger partial charge on any atom is -0.273 e. The van der Waals surface area contributed by atoms with Crippen LogP contribution in [0.1, 0.15) is 11.6 Å². The topological polar surface area (TPSA) is 93.0 Å². The molecule has 0 aromatic heterocycles. The Morgan fingerprint density at radius 2 is 1.55 bits per heavy atom. The first-order chi connectivity index (χ1) is 16.0. The summed E-state index contributed by atoms with van der Waals surface area (Å²) >= 11 is 1.62. The molecule has 2 aliphatic heterocycles. The quantitative estimate of drug-likeness (QED) is 0.241. The van der Waals surface area contributed by atoms with Crippen LogP contribution in [0.4, 0.5) is 17.1 Å². The second-order valence-electron chi connectivity index (χ2n) is 7.72. The first-order valence-corrected chi connectivity index (χ1v) is 11.5. The predicted octanol–water partition coefficient (Wildman–Crippen LogP) is 4.37. The summed E-state index contributed by atoms with van der Waals surface area (Å²) in [7, 11) is 0. The van der Waals surface area contributed by atoms with Crippen LogP contribution in [0, 0.1) is 16.0 Å². The predicted molar refractivity (Wildman–Crippen MR) is 124 cm³/mol. The molecule has 8 nitrogen and oxygen atoms in total. The van der Waals surface area contributed by atoms with Gasteiger partial charge in [-0.25, -0.2) is 9.96 Å². The minimum absolute atomic E-state index is 0.115. The number of benzene rings is 3. The molecule has 3 aromatic rings. The third kappa shape index (κ3) is 3.55. The largest absolute Gasteiger partial charge is 0.273 e. The van der Waals surface area contributed by atoms with Crippen molar-refractivity contribution in [3.63, 3.8) is 0 Å². The molecule has 0 radical (unpaired) electrons. The maximum absolute atomic E-state index is 13.6. The molecule has 0 N–H and O–H groups in total. The average molecular weight is 461 g/mol. The van der Waals surface area contributed by atoms with Crippen molar-refractivity contribution in [3.05, 3.63) is 94.5 Å². The number of nitro groups is 1. The van der Waals surface area contributed by atoms with E-state index in [1.54, 1.807) is 16.8 Å². The third-order valence-corrected chi connectivity index (χ3v) is 6.65. The maximum atomic E-state index is 13.6. The van der Waals surface area contributed by atoms with Gasteiger partial charge in [0.05, 0.1) is 22.3 Å². The van der Waals surface area contributed by atoms with Gasteiger partial charge in [0.1, 0.15) is 5.92 Å². The van der Waals surface area contributed by atoms with Gasteiger partial charge in [0.25, 0.3) is 11.6 Å². The Morgan fingerprint density at radius 1 is 0.879 bits per heavy atom. The maximum Gasteiger partial charge on any atom is 0.269 e. The van der Waals surface area contributed by atoms with E-state index < -0.39 is 34.8 Å². The molecule has 2 aliphatic rings. The summed E-state index contributed by atoms with van der Waals surface area (Å²) in [6.45, 7) is 0. The van der Waals surface area contributed by atoms with Crippen molar-refractivity contribution in [2.75, 3.05) is 16.2 Å². The summed E-state index contributed by atoms with van der Waals surface area (Å²) in [6.07, 6.45) is 0.999. The molecular formula is C24H19N3O5S. The number of amides is 2. The fraction of sp³-hybridized carbons (Fsp3) is 0.167. The van der Waals surface area contributed by atoms with Crippen molar-refractivity contribution in [2.45, 2.75) is 17.0 Å².